The highest BCUT2D eigenvalue weighted by molar-refractivity contribution is 5.70. The minimum Gasteiger partial charge on any atom is -0.462 e. The Bertz CT molecular complexity index is 1070. The van der Waals surface area contributed by atoms with Crippen LogP contribution in [0.25, 0.3) is 0 Å². The molecule has 306 valence electrons. The first-order valence-corrected chi connectivity index (χ1v) is 21.8. The number of hydrogen-bond acceptors (Lipinski definition) is 5. The van der Waals surface area contributed by atoms with Crippen molar-refractivity contribution in [3.05, 3.63) is 97.2 Å². The quantitative estimate of drug-likeness (QED) is 0.0387. The minimum absolute atomic E-state index is 0.0723. The Kier molecular flexibility index (Phi) is 41.6. The number of esters is 2. The van der Waals surface area contributed by atoms with Gasteiger partial charge in [0.25, 0.3) is 0 Å². The van der Waals surface area contributed by atoms with Crippen LogP contribution in [0.5, 0.6) is 0 Å². The first-order chi connectivity index (χ1) is 26.6. The van der Waals surface area contributed by atoms with Crippen molar-refractivity contribution in [3.8, 4) is 0 Å². The van der Waals surface area contributed by atoms with Crippen LogP contribution in [0.3, 0.4) is 0 Å². The number of ether oxygens (including phenoxy) is 2. The van der Waals surface area contributed by atoms with Crippen molar-refractivity contribution < 1.29 is 24.2 Å². The van der Waals surface area contributed by atoms with Crippen molar-refractivity contribution in [2.24, 2.45) is 0 Å². The lowest BCUT2D eigenvalue weighted by molar-refractivity contribution is -0.161. The number of carbonyl (C=O) groups excluding carboxylic acids is 2. The monoisotopic (exact) mass is 749 g/mol. The van der Waals surface area contributed by atoms with Gasteiger partial charge in [-0.2, -0.15) is 0 Å². The summed E-state index contributed by atoms with van der Waals surface area (Å²) in [5, 5.41) is 9.48. The van der Waals surface area contributed by atoms with Gasteiger partial charge in [-0.3, -0.25) is 9.59 Å². The van der Waals surface area contributed by atoms with E-state index in [0.717, 1.165) is 89.9 Å². The lowest BCUT2D eigenvalue weighted by Crippen LogP contribution is -2.28. The molecule has 54 heavy (non-hydrogen) atoms. The van der Waals surface area contributed by atoms with Crippen molar-refractivity contribution >= 4 is 11.9 Å². The van der Waals surface area contributed by atoms with Gasteiger partial charge in [-0.1, -0.05) is 188 Å². The molecule has 0 bridgehead atoms. The molecule has 0 aliphatic rings. The van der Waals surface area contributed by atoms with Crippen LogP contribution in [0.2, 0.25) is 0 Å². The number of hydrogen-bond donors (Lipinski definition) is 1. The van der Waals surface area contributed by atoms with Gasteiger partial charge in [-0.05, 0) is 77.0 Å². The Balaban J connectivity index is 3.55. The largest absolute Gasteiger partial charge is 0.462 e. The Labute approximate surface area is 332 Å². The molecule has 5 heteroatoms. The molecule has 0 saturated heterocycles. The van der Waals surface area contributed by atoms with E-state index in [1.54, 1.807) is 0 Å². The third-order valence-corrected chi connectivity index (χ3v) is 8.89. The summed E-state index contributed by atoms with van der Waals surface area (Å²) in [6.07, 6.45) is 62.4. The van der Waals surface area contributed by atoms with Gasteiger partial charge in [0, 0.05) is 12.8 Å². The summed E-state index contributed by atoms with van der Waals surface area (Å²) in [6, 6.07) is 0. The average molecular weight is 749 g/mol. The topological polar surface area (TPSA) is 72.8 Å². The lowest BCUT2D eigenvalue weighted by Gasteiger charge is -2.15. The van der Waals surface area contributed by atoms with E-state index < -0.39 is 6.10 Å². The zero-order chi connectivity index (χ0) is 39.3. The number of carbonyl (C=O) groups is 2. The normalized spacial score (nSPS) is 13.2. The number of allylic oxidation sites excluding steroid dienone is 16. The molecule has 0 spiro atoms. The van der Waals surface area contributed by atoms with Gasteiger partial charge < -0.3 is 14.6 Å². The predicted molar refractivity (Wildman–Crippen MR) is 232 cm³/mol. The van der Waals surface area contributed by atoms with E-state index in [1.165, 1.54) is 64.2 Å². The second kappa shape index (κ2) is 44.2. The van der Waals surface area contributed by atoms with Crippen molar-refractivity contribution in [1.82, 2.24) is 0 Å². The van der Waals surface area contributed by atoms with E-state index >= 15 is 0 Å². The van der Waals surface area contributed by atoms with E-state index in [-0.39, 0.29) is 25.2 Å². The van der Waals surface area contributed by atoms with Gasteiger partial charge in [-0.15, -0.1) is 0 Å². The molecule has 0 aliphatic heterocycles. The molecule has 0 heterocycles. The third kappa shape index (κ3) is 41.6. The number of unbranched alkanes of at least 4 members (excludes halogenated alkanes) is 14. The van der Waals surface area contributed by atoms with Crippen molar-refractivity contribution in [3.63, 3.8) is 0 Å². The van der Waals surface area contributed by atoms with Crippen LogP contribution in [-0.2, 0) is 19.1 Å². The molecule has 0 aromatic rings. The molecule has 1 N–H and O–H groups in total. The van der Waals surface area contributed by atoms with Crippen LogP contribution in [0.4, 0.5) is 0 Å². The second-order valence-corrected chi connectivity index (χ2v) is 14.0. The molecule has 0 amide bonds. The Hall–Kier alpha value is -3.18. The zero-order valence-corrected chi connectivity index (χ0v) is 34.7. The fourth-order valence-corrected chi connectivity index (χ4v) is 5.63. The second-order valence-electron chi connectivity index (χ2n) is 14.0. The van der Waals surface area contributed by atoms with Crippen molar-refractivity contribution in [1.29, 1.82) is 0 Å². The molecule has 0 aromatic carbocycles. The molecule has 0 saturated carbocycles. The maximum absolute atomic E-state index is 12.1. The summed E-state index contributed by atoms with van der Waals surface area (Å²) < 4.78 is 10.5. The van der Waals surface area contributed by atoms with Gasteiger partial charge in [0.1, 0.15) is 6.61 Å². The van der Waals surface area contributed by atoms with Gasteiger partial charge in [0.05, 0.1) is 6.61 Å². The predicted octanol–water partition coefficient (Wildman–Crippen LogP) is 14.1. The molecule has 5 nitrogen and oxygen atoms in total. The summed E-state index contributed by atoms with van der Waals surface area (Å²) in [5.41, 5.74) is 0. The molecule has 0 aliphatic carbocycles. The standard InChI is InChI=1S/C49H80O5/c1-3-5-7-9-10-11-12-13-14-15-16-17-18-19-20-21-22-23-24-25-26-27-28-29-30-31-32-33-34-35-36-37-38-40-42-44-49(52)54-47(45-50)46-53-48(51)43-41-39-8-6-4-2/h5,7,10-11,13-14,16-17,19-20,22-23,25-26,28-29,47,50H,3-4,6,8-9,12,15,18,21,24,27,30-46H2,1-2H3/b7-5-,11-10-,14-13-,17-16-,20-19-,23-22-,26-25-,29-28-. The summed E-state index contributed by atoms with van der Waals surface area (Å²) in [6.45, 7) is 3.91. The molecule has 0 aromatic heterocycles. The first kappa shape index (κ1) is 50.8. The number of rotatable bonds is 38. The van der Waals surface area contributed by atoms with Crippen LogP contribution in [0.15, 0.2) is 97.2 Å². The molecule has 1 atom stereocenters. The molecule has 0 rings (SSSR count). The van der Waals surface area contributed by atoms with Crippen LogP contribution in [0.1, 0.15) is 181 Å². The van der Waals surface area contributed by atoms with E-state index in [4.69, 9.17) is 9.47 Å². The SMILES string of the molecule is CC/C=C\C/C=C\C/C=C\C/C=C\C/C=C\C/C=C\C/C=C\C/C=C\CCCCCCCCCCCCC(=O)OC(CO)COC(=O)CCCCCCC. The van der Waals surface area contributed by atoms with Crippen LogP contribution in [0, 0.1) is 0 Å². The smallest absolute Gasteiger partial charge is 0.306 e. The zero-order valence-electron chi connectivity index (χ0n) is 34.7. The number of aliphatic hydroxyl groups is 1. The molecular weight excluding hydrogens is 669 g/mol. The fraction of sp³-hybridized carbons (Fsp3) is 0.633. The van der Waals surface area contributed by atoms with E-state index in [1.807, 2.05) is 0 Å². The maximum atomic E-state index is 12.1. The van der Waals surface area contributed by atoms with Crippen molar-refractivity contribution in [2.75, 3.05) is 13.2 Å². The summed E-state index contributed by atoms with van der Waals surface area (Å²) in [7, 11) is 0. The summed E-state index contributed by atoms with van der Waals surface area (Å²) >= 11 is 0. The van der Waals surface area contributed by atoms with Crippen molar-refractivity contribution in [2.45, 2.75) is 187 Å². The minimum atomic E-state index is -0.773. The van der Waals surface area contributed by atoms with E-state index in [9.17, 15) is 14.7 Å². The van der Waals surface area contributed by atoms with Gasteiger partial charge >= 0.3 is 11.9 Å². The van der Waals surface area contributed by atoms with E-state index in [0.29, 0.717) is 12.8 Å². The Morgan fingerprint density at radius 2 is 0.796 bits per heavy atom. The van der Waals surface area contributed by atoms with E-state index in [2.05, 4.69) is 111 Å². The number of aliphatic hydroxyl groups excluding tert-OH is 1. The molecular formula is C49H80O5. The summed E-state index contributed by atoms with van der Waals surface area (Å²) in [5.74, 6) is -0.617. The average Bonchev–Trinajstić information content (AvgIpc) is 3.17. The molecule has 1 unspecified atom stereocenters. The van der Waals surface area contributed by atoms with Crippen LogP contribution < -0.4 is 0 Å². The fourth-order valence-electron chi connectivity index (χ4n) is 5.63. The highest BCUT2D eigenvalue weighted by atomic mass is 16.6. The van der Waals surface area contributed by atoms with Gasteiger partial charge in [0.2, 0.25) is 0 Å². The highest BCUT2D eigenvalue weighted by Gasteiger charge is 2.16. The Morgan fingerprint density at radius 1 is 0.444 bits per heavy atom. The third-order valence-electron chi connectivity index (χ3n) is 8.89. The highest BCUT2D eigenvalue weighted by Crippen LogP contribution is 2.13. The lowest BCUT2D eigenvalue weighted by atomic mass is 10.0. The van der Waals surface area contributed by atoms with Gasteiger partial charge in [-0.25, -0.2) is 0 Å². The first-order valence-electron chi connectivity index (χ1n) is 21.8. The summed E-state index contributed by atoms with van der Waals surface area (Å²) in [4.78, 5) is 24.0. The molecule has 0 radical (unpaired) electrons. The Morgan fingerprint density at radius 3 is 1.20 bits per heavy atom. The maximum Gasteiger partial charge on any atom is 0.306 e. The van der Waals surface area contributed by atoms with Crippen LogP contribution in [-0.4, -0.2) is 36.4 Å². The molecule has 0 fully saturated rings. The van der Waals surface area contributed by atoms with Gasteiger partial charge in [0.15, 0.2) is 6.10 Å². The van der Waals surface area contributed by atoms with Crippen LogP contribution >= 0.6 is 0 Å².